The second kappa shape index (κ2) is 6.88. The summed E-state index contributed by atoms with van der Waals surface area (Å²) in [7, 11) is 1.35. The van der Waals surface area contributed by atoms with E-state index in [0.29, 0.717) is 33.5 Å². The van der Waals surface area contributed by atoms with Gasteiger partial charge in [0.2, 0.25) is 0 Å². The van der Waals surface area contributed by atoms with E-state index in [1.807, 2.05) is 12.1 Å². The maximum absolute atomic E-state index is 13.3. The normalized spacial score (nSPS) is 20.1. The fraction of sp³-hybridized carbons (Fsp3) is 0.421. The van der Waals surface area contributed by atoms with E-state index in [2.05, 4.69) is 10.5 Å². The molecule has 3 aromatic rings. The number of rotatable bonds is 2. The van der Waals surface area contributed by atoms with Gasteiger partial charge in [0.25, 0.3) is 5.56 Å². The lowest BCUT2D eigenvalue weighted by atomic mass is 9.90. The zero-order valence-corrected chi connectivity index (χ0v) is 15.9. The van der Waals surface area contributed by atoms with E-state index in [1.165, 1.54) is 7.11 Å². The lowest BCUT2D eigenvalue weighted by molar-refractivity contribution is 0.160. The van der Waals surface area contributed by atoms with E-state index in [1.54, 1.807) is 17.6 Å². The predicted octanol–water partition coefficient (Wildman–Crippen LogP) is 3.94. The van der Waals surface area contributed by atoms with E-state index in [4.69, 9.17) is 20.9 Å². The van der Waals surface area contributed by atoms with E-state index < -0.39 is 6.09 Å². The molecule has 0 aliphatic heterocycles. The first-order chi connectivity index (χ1) is 13.0. The Kier molecular flexibility index (Phi) is 4.55. The number of aryl methyl sites for hydroxylation is 1. The first kappa shape index (κ1) is 17.9. The standard InChI is InChI=1S/C19H20ClN3O4/c1-10-15-17(22-27-10)16-13(20)7-4-8-14(16)23(18(15)24)12-6-3-5-11(9-12)21-19(25)26-2/h4,7-8,11-12H,3,5-6,9H2,1-2H3,(H,21,25)/t11-,12+/m1/s1. The van der Waals surface area contributed by atoms with Crippen LogP contribution in [0.15, 0.2) is 27.5 Å². The molecule has 0 spiro atoms. The highest BCUT2D eigenvalue weighted by Gasteiger charge is 2.28. The number of hydrogen-bond acceptors (Lipinski definition) is 5. The van der Waals surface area contributed by atoms with Crippen molar-refractivity contribution in [3.8, 4) is 0 Å². The van der Waals surface area contributed by atoms with Gasteiger partial charge < -0.3 is 19.1 Å². The largest absolute Gasteiger partial charge is 0.453 e. The summed E-state index contributed by atoms with van der Waals surface area (Å²) in [6.07, 6.45) is 2.79. The van der Waals surface area contributed by atoms with Crippen LogP contribution in [0.1, 0.15) is 37.5 Å². The molecule has 2 heterocycles. The molecule has 1 N–H and O–H groups in total. The Morgan fingerprint density at radius 1 is 1.37 bits per heavy atom. The van der Waals surface area contributed by atoms with E-state index in [9.17, 15) is 9.59 Å². The molecule has 142 valence electrons. The summed E-state index contributed by atoms with van der Waals surface area (Å²) >= 11 is 6.45. The van der Waals surface area contributed by atoms with Gasteiger partial charge in [0, 0.05) is 17.5 Å². The molecular weight excluding hydrogens is 370 g/mol. The fourth-order valence-electron chi connectivity index (χ4n) is 4.09. The lowest BCUT2D eigenvalue weighted by Crippen LogP contribution is -2.40. The minimum atomic E-state index is -0.453. The van der Waals surface area contributed by atoms with Crippen LogP contribution in [0.3, 0.4) is 0 Å². The number of pyridine rings is 1. The number of carbonyl (C=O) groups is 1. The molecule has 1 aliphatic rings. The Hall–Kier alpha value is -2.54. The van der Waals surface area contributed by atoms with Crippen LogP contribution in [-0.2, 0) is 4.74 Å². The van der Waals surface area contributed by atoms with Crippen LogP contribution in [0.5, 0.6) is 0 Å². The summed E-state index contributed by atoms with van der Waals surface area (Å²) in [5.74, 6) is 0.477. The second-order valence-electron chi connectivity index (χ2n) is 6.92. The van der Waals surface area contributed by atoms with Crippen LogP contribution in [0.25, 0.3) is 21.8 Å². The highest BCUT2D eigenvalue weighted by Crippen LogP contribution is 2.35. The van der Waals surface area contributed by atoms with E-state index in [-0.39, 0.29) is 17.6 Å². The lowest BCUT2D eigenvalue weighted by Gasteiger charge is -2.31. The molecule has 4 rings (SSSR count). The maximum atomic E-state index is 13.3. The summed E-state index contributed by atoms with van der Waals surface area (Å²) in [5, 5.41) is 8.63. The SMILES string of the molecule is COC(=O)N[C@@H]1CCC[C@H](n2c(=O)c3c(C)onc3c3c(Cl)cccc32)C1. The predicted molar refractivity (Wildman–Crippen MR) is 102 cm³/mol. The topological polar surface area (TPSA) is 86.4 Å². The van der Waals surface area contributed by atoms with Crippen molar-refractivity contribution in [3.05, 3.63) is 39.3 Å². The molecule has 2 atom stereocenters. The smallest absolute Gasteiger partial charge is 0.407 e. The van der Waals surface area contributed by atoms with Crippen molar-refractivity contribution in [2.24, 2.45) is 0 Å². The quantitative estimate of drug-likeness (QED) is 0.717. The molecule has 1 aliphatic carbocycles. The Morgan fingerprint density at radius 2 is 2.19 bits per heavy atom. The number of hydrogen-bond donors (Lipinski definition) is 1. The summed E-state index contributed by atoms with van der Waals surface area (Å²) in [4.78, 5) is 24.9. The number of amides is 1. The van der Waals surface area contributed by atoms with Gasteiger partial charge in [-0.1, -0.05) is 22.8 Å². The van der Waals surface area contributed by atoms with E-state index >= 15 is 0 Å². The van der Waals surface area contributed by atoms with Gasteiger partial charge in [0.05, 0.1) is 17.6 Å². The average molecular weight is 390 g/mol. The number of halogens is 1. The van der Waals surface area contributed by atoms with Gasteiger partial charge in [-0.05, 0) is 44.7 Å². The Balaban J connectivity index is 1.89. The van der Waals surface area contributed by atoms with Gasteiger partial charge in [-0.3, -0.25) is 4.79 Å². The number of fused-ring (bicyclic) bond motifs is 3. The molecule has 0 bridgehead atoms. The zero-order valence-electron chi connectivity index (χ0n) is 15.1. The van der Waals surface area contributed by atoms with Gasteiger partial charge >= 0.3 is 6.09 Å². The third-order valence-electron chi connectivity index (χ3n) is 5.30. The van der Waals surface area contributed by atoms with E-state index in [0.717, 1.165) is 24.8 Å². The third kappa shape index (κ3) is 2.96. The molecule has 27 heavy (non-hydrogen) atoms. The Morgan fingerprint density at radius 3 is 2.96 bits per heavy atom. The number of nitrogens with one attached hydrogen (secondary N) is 1. The minimum Gasteiger partial charge on any atom is -0.453 e. The third-order valence-corrected chi connectivity index (χ3v) is 5.62. The number of alkyl carbamates (subject to hydrolysis) is 1. The van der Waals surface area contributed by atoms with Crippen molar-refractivity contribution in [1.29, 1.82) is 0 Å². The number of nitrogens with zero attached hydrogens (tertiary/aromatic N) is 2. The summed E-state index contributed by atoms with van der Waals surface area (Å²) < 4.78 is 11.8. The molecule has 1 fully saturated rings. The first-order valence-electron chi connectivity index (χ1n) is 8.94. The molecule has 1 aromatic carbocycles. The van der Waals surface area contributed by atoms with Gasteiger partial charge in [0.15, 0.2) is 0 Å². The zero-order chi connectivity index (χ0) is 19.1. The van der Waals surface area contributed by atoms with Crippen molar-refractivity contribution in [3.63, 3.8) is 0 Å². The molecule has 1 amide bonds. The molecule has 0 saturated heterocycles. The highest BCUT2D eigenvalue weighted by atomic mass is 35.5. The molecule has 0 unspecified atom stereocenters. The van der Waals surface area contributed by atoms with Gasteiger partial charge in [-0.2, -0.15) is 0 Å². The number of aromatic nitrogens is 2. The first-order valence-corrected chi connectivity index (χ1v) is 9.32. The highest BCUT2D eigenvalue weighted by molar-refractivity contribution is 6.37. The van der Waals surface area contributed by atoms with Crippen LogP contribution in [-0.4, -0.2) is 29.0 Å². The van der Waals surface area contributed by atoms with Gasteiger partial charge in [0.1, 0.15) is 16.7 Å². The summed E-state index contributed by atoms with van der Waals surface area (Å²) in [5.41, 5.74) is 1.09. The van der Waals surface area contributed by atoms with Crippen molar-refractivity contribution in [1.82, 2.24) is 15.0 Å². The van der Waals surface area contributed by atoms with Crippen LogP contribution < -0.4 is 10.9 Å². The average Bonchev–Trinajstić information content (AvgIpc) is 3.04. The van der Waals surface area contributed by atoms with Crippen molar-refractivity contribution in [2.75, 3.05) is 7.11 Å². The van der Waals surface area contributed by atoms with Crippen LogP contribution in [0.2, 0.25) is 5.02 Å². The molecular formula is C19H20ClN3O4. The molecule has 2 aromatic heterocycles. The van der Waals surface area contributed by atoms with Crippen molar-refractivity contribution in [2.45, 2.75) is 44.7 Å². The second-order valence-corrected chi connectivity index (χ2v) is 7.33. The number of ether oxygens (including phenoxy) is 1. The molecule has 7 nitrogen and oxygen atoms in total. The van der Waals surface area contributed by atoms with Crippen LogP contribution in [0.4, 0.5) is 4.79 Å². The Bertz CT molecular complexity index is 1090. The number of methoxy groups -OCH3 is 1. The van der Waals surface area contributed by atoms with Crippen molar-refractivity contribution < 1.29 is 14.1 Å². The fourth-order valence-corrected chi connectivity index (χ4v) is 4.35. The Labute approximate surface area is 160 Å². The van der Waals surface area contributed by atoms with Crippen molar-refractivity contribution >= 4 is 39.5 Å². The molecule has 0 radical (unpaired) electrons. The van der Waals surface area contributed by atoms with Crippen LogP contribution >= 0.6 is 11.6 Å². The summed E-state index contributed by atoms with van der Waals surface area (Å²) in [6.45, 7) is 1.73. The van der Waals surface area contributed by atoms with Gasteiger partial charge in [-0.25, -0.2) is 4.79 Å². The number of benzene rings is 1. The maximum Gasteiger partial charge on any atom is 0.407 e. The minimum absolute atomic E-state index is 0.0448. The number of carbonyl (C=O) groups excluding carboxylic acids is 1. The molecule has 1 saturated carbocycles. The van der Waals surface area contributed by atoms with Crippen LogP contribution in [0, 0.1) is 6.92 Å². The molecule has 8 heteroatoms. The summed E-state index contributed by atoms with van der Waals surface area (Å²) in [6, 6.07) is 5.38. The van der Waals surface area contributed by atoms with Gasteiger partial charge in [-0.15, -0.1) is 0 Å². The monoisotopic (exact) mass is 389 g/mol.